The molecule has 3 rings (SSSR count). The van der Waals surface area contributed by atoms with E-state index < -0.39 is 0 Å². The van der Waals surface area contributed by atoms with Crippen LogP contribution in [0.3, 0.4) is 0 Å². The summed E-state index contributed by atoms with van der Waals surface area (Å²) in [5, 5.41) is 0. The molecule has 0 radical (unpaired) electrons. The molecule has 0 aliphatic carbocycles. The lowest BCUT2D eigenvalue weighted by atomic mass is 10.1. The fourth-order valence-electron chi connectivity index (χ4n) is 2.99. The summed E-state index contributed by atoms with van der Waals surface area (Å²) in [6.07, 6.45) is 5.47. The van der Waals surface area contributed by atoms with E-state index in [2.05, 4.69) is 4.90 Å². The van der Waals surface area contributed by atoms with Crippen LogP contribution in [-0.2, 0) is 25.9 Å². The third-order valence-corrected chi connectivity index (χ3v) is 4.05. The quantitative estimate of drug-likeness (QED) is 0.858. The molecule has 0 spiro atoms. The largest absolute Gasteiger partial charge is 0.472 e. The van der Waals surface area contributed by atoms with Crippen molar-refractivity contribution in [2.24, 2.45) is 0 Å². The van der Waals surface area contributed by atoms with E-state index in [1.165, 1.54) is 16.8 Å². The molecule has 1 aliphatic heterocycles. The van der Waals surface area contributed by atoms with E-state index in [4.69, 9.17) is 4.42 Å². The number of fused-ring (bicyclic) bond motifs is 1. The summed E-state index contributed by atoms with van der Waals surface area (Å²) in [6.45, 7) is 5.72. The predicted octanol–water partition coefficient (Wildman–Crippen LogP) is 2.06. The number of aromatic nitrogens is 1. The maximum absolute atomic E-state index is 11.9. The first-order chi connectivity index (χ1) is 9.78. The topological polar surface area (TPSA) is 38.4 Å². The molecule has 20 heavy (non-hydrogen) atoms. The van der Waals surface area contributed by atoms with Gasteiger partial charge in [-0.25, -0.2) is 0 Å². The van der Waals surface area contributed by atoms with Crippen LogP contribution in [0.5, 0.6) is 0 Å². The number of pyridine rings is 1. The highest BCUT2D eigenvalue weighted by atomic mass is 16.3. The standard InChI is InChI=1S/C16H20N2O2/c1-2-18-15-6-9-17(11-13-7-10-20-12-13)8-5-14(15)3-4-16(18)19/h3-4,7,10,12H,2,5-6,8-9,11H2,1H3. The van der Waals surface area contributed by atoms with Crippen molar-refractivity contribution in [3.8, 4) is 0 Å². The van der Waals surface area contributed by atoms with Crippen LogP contribution >= 0.6 is 0 Å². The van der Waals surface area contributed by atoms with Crippen molar-refractivity contribution in [3.63, 3.8) is 0 Å². The number of furan rings is 1. The Morgan fingerprint density at radius 3 is 2.80 bits per heavy atom. The summed E-state index contributed by atoms with van der Waals surface area (Å²) >= 11 is 0. The third kappa shape index (κ3) is 2.56. The molecule has 3 heterocycles. The zero-order chi connectivity index (χ0) is 13.9. The summed E-state index contributed by atoms with van der Waals surface area (Å²) in [7, 11) is 0. The van der Waals surface area contributed by atoms with Crippen molar-refractivity contribution in [2.45, 2.75) is 32.9 Å². The first kappa shape index (κ1) is 13.2. The van der Waals surface area contributed by atoms with Gasteiger partial charge in [-0.05, 0) is 25.0 Å². The molecule has 0 atom stereocenters. The van der Waals surface area contributed by atoms with E-state index in [0.29, 0.717) is 0 Å². The maximum atomic E-state index is 11.9. The Bertz CT molecular complexity index is 628. The van der Waals surface area contributed by atoms with Gasteiger partial charge in [-0.3, -0.25) is 9.69 Å². The summed E-state index contributed by atoms with van der Waals surface area (Å²) in [6, 6.07) is 5.72. The summed E-state index contributed by atoms with van der Waals surface area (Å²) in [5.41, 5.74) is 3.87. The molecule has 2 aromatic heterocycles. The molecule has 0 unspecified atom stereocenters. The van der Waals surface area contributed by atoms with Crippen LogP contribution < -0.4 is 5.56 Å². The highest BCUT2D eigenvalue weighted by Crippen LogP contribution is 2.16. The van der Waals surface area contributed by atoms with E-state index >= 15 is 0 Å². The number of hydrogen-bond donors (Lipinski definition) is 0. The van der Waals surface area contributed by atoms with Gasteiger partial charge in [0.1, 0.15) is 0 Å². The second-order valence-corrected chi connectivity index (χ2v) is 5.30. The Balaban J connectivity index is 1.79. The normalized spacial score (nSPS) is 15.8. The van der Waals surface area contributed by atoms with Gasteiger partial charge >= 0.3 is 0 Å². The number of nitrogens with zero attached hydrogens (tertiary/aromatic N) is 2. The van der Waals surface area contributed by atoms with Crippen LogP contribution in [0.2, 0.25) is 0 Å². The first-order valence-corrected chi connectivity index (χ1v) is 7.23. The molecule has 0 saturated carbocycles. The second kappa shape index (κ2) is 5.67. The van der Waals surface area contributed by atoms with Gasteiger partial charge in [0.2, 0.25) is 0 Å². The molecular formula is C16H20N2O2. The van der Waals surface area contributed by atoms with E-state index in [-0.39, 0.29) is 5.56 Å². The molecule has 0 fully saturated rings. The smallest absolute Gasteiger partial charge is 0.250 e. The van der Waals surface area contributed by atoms with Gasteiger partial charge in [-0.15, -0.1) is 0 Å². The van der Waals surface area contributed by atoms with E-state index in [0.717, 1.165) is 39.0 Å². The zero-order valence-corrected chi connectivity index (χ0v) is 11.8. The SMILES string of the molecule is CCn1c2c(ccc1=O)CCN(Cc1ccoc1)CC2. The van der Waals surface area contributed by atoms with Crippen LogP contribution in [0.25, 0.3) is 0 Å². The lowest BCUT2D eigenvalue weighted by molar-refractivity contribution is 0.277. The average Bonchev–Trinajstić information content (AvgIpc) is 2.87. The van der Waals surface area contributed by atoms with Gasteiger partial charge in [-0.2, -0.15) is 0 Å². The van der Waals surface area contributed by atoms with Gasteiger partial charge < -0.3 is 8.98 Å². The third-order valence-electron chi connectivity index (χ3n) is 4.05. The molecule has 106 valence electrons. The van der Waals surface area contributed by atoms with Crippen LogP contribution in [-0.4, -0.2) is 22.6 Å². The monoisotopic (exact) mass is 272 g/mol. The molecule has 0 amide bonds. The molecule has 1 aliphatic rings. The van der Waals surface area contributed by atoms with Crippen molar-refractivity contribution in [1.29, 1.82) is 0 Å². The van der Waals surface area contributed by atoms with Crippen molar-refractivity contribution >= 4 is 0 Å². The summed E-state index contributed by atoms with van der Waals surface area (Å²) < 4.78 is 7.04. The highest BCUT2D eigenvalue weighted by Gasteiger charge is 2.17. The fourth-order valence-corrected chi connectivity index (χ4v) is 2.99. The minimum Gasteiger partial charge on any atom is -0.472 e. The Kier molecular flexibility index (Phi) is 3.74. The molecule has 4 heteroatoms. The molecule has 0 saturated heterocycles. The molecule has 0 bridgehead atoms. The molecule has 0 N–H and O–H groups in total. The number of hydrogen-bond acceptors (Lipinski definition) is 3. The number of rotatable bonds is 3. The van der Waals surface area contributed by atoms with E-state index in [1.54, 1.807) is 18.6 Å². The van der Waals surface area contributed by atoms with Crippen LogP contribution in [0.4, 0.5) is 0 Å². The van der Waals surface area contributed by atoms with Crippen LogP contribution in [0.15, 0.2) is 39.9 Å². The molecule has 4 nitrogen and oxygen atoms in total. The second-order valence-electron chi connectivity index (χ2n) is 5.30. The van der Waals surface area contributed by atoms with Gasteiger partial charge in [0.25, 0.3) is 5.56 Å². The van der Waals surface area contributed by atoms with Crippen LogP contribution in [0, 0.1) is 0 Å². The lowest BCUT2D eigenvalue weighted by Gasteiger charge is -2.18. The van der Waals surface area contributed by atoms with Gasteiger partial charge in [0, 0.05) is 49.9 Å². The minimum absolute atomic E-state index is 0.120. The average molecular weight is 272 g/mol. The fraction of sp³-hybridized carbons (Fsp3) is 0.438. The zero-order valence-electron chi connectivity index (χ0n) is 11.8. The van der Waals surface area contributed by atoms with E-state index in [9.17, 15) is 4.79 Å². The van der Waals surface area contributed by atoms with Crippen LogP contribution in [0.1, 0.15) is 23.7 Å². The lowest BCUT2D eigenvalue weighted by Crippen LogP contribution is -2.26. The summed E-state index contributed by atoms with van der Waals surface area (Å²) in [4.78, 5) is 14.3. The maximum Gasteiger partial charge on any atom is 0.250 e. The van der Waals surface area contributed by atoms with Crippen molar-refractivity contribution < 1.29 is 4.42 Å². The minimum atomic E-state index is 0.120. The van der Waals surface area contributed by atoms with Gasteiger partial charge in [-0.1, -0.05) is 6.07 Å². The molecule has 0 aromatic carbocycles. The van der Waals surface area contributed by atoms with Gasteiger partial charge in [0.05, 0.1) is 12.5 Å². The van der Waals surface area contributed by atoms with Crippen molar-refractivity contribution in [2.75, 3.05) is 13.1 Å². The van der Waals surface area contributed by atoms with Crippen molar-refractivity contribution in [3.05, 3.63) is 57.9 Å². The van der Waals surface area contributed by atoms with Crippen molar-refractivity contribution in [1.82, 2.24) is 9.47 Å². The Morgan fingerprint density at radius 1 is 1.20 bits per heavy atom. The Hall–Kier alpha value is -1.81. The Labute approximate surface area is 118 Å². The summed E-state index contributed by atoms with van der Waals surface area (Å²) in [5.74, 6) is 0. The molecule has 2 aromatic rings. The van der Waals surface area contributed by atoms with E-state index in [1.807, 2.05) is 23.6 Å². The van der Waals surface area contributed by atoms with Gasteiger partial charge in [0.15, 0.2) is 0 Å². The molecular weight excluding hydrogens is 252 g/mol. The predicted molar refractivity (Wildman–Crippen MR) is 77.8 cm³/mol. The highest BCUT2D eigenvalue weighted by molar-refractivity contribution is 5.23. The first-order valence-electron chi connectivity index (χ1n) is 7.23. The Morgan fingerprint density at radius 2 is 2.05 bits per heavy atom.